The third-order valence-electron chi connectivity index (χ3n) is 0.702. The topological polar surface area (TPSA) is 52.6 Å². The molecule has 0 N–H and O–H groups in total. The number of cyclic esters (lactones) is 2. The molecular weight excluding hydrogens is 148 g/mol. The standard InChI is InChI=1S/C4H4O4.C3H6/c5-3-1-7-4(6)2-8-3;1-3-2/h1-2H2;3H,1H2,2H3. The van der Waals surface area contributed by atoms with Gasteiger partial charge < -0.3 is 9.47 Å². The molecule has 0 aliphatic carbocycles. The van der Waals surface area contributed by atoms with Crippen LogP contribution in [-0.2, 0) is 19.1 Å². The van der Waals surface area contributed by atoms with E-state index in [4.69, 9.17) is 0 Å². The predicted molar refractivity (Wildman–Crippen MR) is 37.8 cm³/mol. The predicted octanol–water partition coefficient (Wildman–Crippen LogP) is 0.279. The Kier molecular flexibility index (Phi) is 4.81. The van der Waals surface area contributed by atoms with Crippen LogP contribution in [0.3, 0.4) is 0 Å². The van der Waals surface area contributed by atoms with Crippen LogP contribution in [0.5, 0.6) is 0 Å². The number of allylic oxidation sites excluding steroid dienone is 1. The monoisotopic (exact) mass is 158 g/mol. The normalized spacial score (nSPS) is 15.4. The van der Waals surface area contributed by atoms with Gasteiger partial charge in [-0.25, -0.2) is 9.59 Å². The maximum absolute atomic E-state index is 10.1. The Hall–Kier alpha value is -1.32. The summed E-state index contributed by atoms with van der Waals surface area (Å²) in [4.78, 5) is 20.2. The van der Waals surface area contributed by atoms with Gasteiger partial charge in [-0.3, -0.25) is 0 Å². The molecule has 62 valence electrons. The molecule has 11 heavy (non-hydrogen) atoms. The molecule has 0 aromatic heterocycles. The van der Waals surface area contributed by atoms with Crippen LogP contribution in [0.25, 0.3) is 0 Å². The van der Waals surface area contributed by atoms with Crippen molar-refractivity contribution in [1.29, 1.82) is 0 Å². The van der Waals surface area contributed by atoms with E-state index in [-0.39, 0.29) is 13.2 Å². The first-order valence-corrected chi connectivity index (χ1v) is 3.09. The van der Waals surface area contributed by atoms with Crippen molar-refractivity contribution in [2.24, 2.45) is 0 Å². The smallest absolute Gasteiger partial charge is 0.344 e. The van der Waals surface area contributed by atoms with Crippen molar-refractivity contribution >= 4 is 11.9 Å². The summed E-state index contributed by atoms with van der Waals surface area (Å²) in [7, 11) is 0. The average molecular weight is 158 g/mol. The zero-order chi connectivity index (χ0) is 8.69. The minimum Gasteiger partial charge on any atom is -0.451 e. The molecule has 1 fully saturated rings. The van der Waals surface area contributed by atoms with E-state index >= 15 is 0 Å². The number of carbonyl (C=O) groups is 2. The first-order valence-electron chi connectivity index (χ1n) is 3.09. The molecule has 0 bridgehead atoms. The van der Waals surface area contributed by atoms with Crippen LogP contribution >= 0.6 is 0 Å². The lowest BCUT2D eigenvalue weighted by Gasteiger charge is -2.09. The second-order valence-corrected chi connectivity index (χ2v) is 1.73. The summed E-state index contributed by atoms with van der Waals surface area (Å²) in [6.45, 7) is 4.78. The second kappa shape index (κ2) is 5.46. The van der Waals surface area contributed by atoms with E-state index in [0.717, 1.165) is 0 Å². The maximum Gasteiger partial charge on any atom is 0.344 e. The molecule has 0 amide bonds. The molecule has 0 aromatic rings. The Morgan fingerprint density at radius 2 is 1.55 bits per heavy atom. The molecule has 4 heteroatoms. The molecule has 0 radical (unpaired) electrons. The van der Waals surface area contributed by atoms with Crippen molar-refractivity contribution in [3.8, 4) is 0 Å². The lowest BCUT2D eigenvalue weighted by molar-refractivity contribution is -0.174. The molecule has 1 heterocycles. The van der Waals surface area contributed by atoms with Gasteiger partial charge in [-0.05, 0) is 6.92 Å². The van der Waals surface area contributed by atoms with Gasteiger partial charge in [-0.2, -0.15) is 0 Å². The summed E-state index contributed by atoms with van der Waals surface area (Å²) in [5.41, 5.74) is 0. The number of esters is 2. The van der Waals surface area contributed by atoms with Crippen LogP contribution in [0, 0.1) is 0 Å². The van der Waals surface area contributed by atoms with E-state index in [9.17, 15) is 9.59 Å². The summed E-state index contributed by atoms with van der Waals surface area (Å²) < 4.78 is 8.55. The Morgan fingerprint density at radius 1 is 1.27 bits per heavy atom. The second-order valence-electron chi connectivity index (χ2n) is 1.73. The van der Waals surface area contributed by atoms with Crippen LogP contribution in [0.1, 0.15) is 6.92 Å². The van der Waals surface area contributed by atoms with Crippen molar-refractivity contribution in [3.63, 3.8) is 0 Å². The molecule has 1 saturated heterocycles. The lowest BCUT2D eigenvalue weighted by atomic mass is 10.6. The fourth-order valence-corrected chi connectivity index (χ4v) is 0.362. The lowest BCUT2D eigenvalue weighted by Crippen LogP contribution is -2.27. The Morgan fingerprint density at radius 3 is 1.73 bits per heavy atom. The van der Waals surface area contributed by atoms with Crippen molar-refractivity contribution in [3.05, 3.63) is 12.7 Å². The van der Waals surface area contributed by atoms with Gasteiger partial charge in [0.15, 0.2) is 13.2 Å². The summed E-state index contributed by atoms with van der Waals surface area (Å²) >= 11 is 0. The molecule has 1 rings (SSSR count). The quantitative estimate of drug-likeness (QED) is 0.375. The minimum atomic E-state index is -0.482. The van der Waals surface area contributed by atoms with E-state index in [0.29, 0.717) is 0 Å². The number of ether oxygens (including phenoxy) is 2. The van der Waals surface area contributed by atoms with Crippen molar-refractivity contribution in [2.45, 2.75) is 6.92 Å². The molecule has 4 nitrogen and oxygen atoms in total. The number of hydrogen-bond acceptors (Lipinski definition) is 4. The zero-order valence-electron chi connectivity index (χ0n) is 6.33. The van der Waals surface area contributed by atoms with Gasteiger partial charge in [0.2, 0.25) is 0 Å². The van der Waals surface area contributed by atoms with Gasteiger partial charge in [0.25, 0.3) is 0 Å². The minimum absolute atomic E-state index is 0.237. The van der Waals surface area contributed by atoms with Gasteiger partial charge in [-0.15, -0.1) is 6.58 Å². The maximum atomic E-state index is 10.1. The van der Waals surface area contributed by atoms with Crippen LogP contribution in [-0.4, -0.2) is 25.2 Å². The van der Waals surface area contributed by atoms with E-state index in [1.165, 1.54) is 0 Å². The van der Waals surface area contributed by atoms with Crippen molar-refractivity contribution < 1.29 is 19.1 Å². The van der Waals surface area contributed by atoms with Gasteiger partial charge >= 0.3 is 11.9 Å². The van der Waals surface area contributed by atoms with Gasteiger partial charge in [-0.1, -0.05) is 6.08 Å². The highest BCUT2D eigenvalue weighted by Gasteiger charge is 2.16. The summed E-state index contributed by atoms with van der Waals surface area (Å²) in [5.74, 6) is -0.964. The van der Waals surface area contributed by atoms with E-state index in [1.54, 1.807) is 6.08 Å². The first-order chi connectivity index (χ1) is 5.20. The highest BCUT2D eigenvalue weighted by molar-refractivity contribution is 5.82. The van der Waals surface area contributed by atoms with E-state index < -0.39 is 11.9 Å². The Bertz CT molecular complexity index is 134. The zero-order valence-corrected chi connectivity index (χ0v) is 6.33. The van der Waals surface area contributed by atoms with E-state index in [1.807, 2.05) is 6.92 Å². The fourth-order valence-electron chi connectivity index (χ4n) is 0.362. The third-order valence-corrected chi connectivity index (χ3v) is 0.702. The summed E-state index contributed by atoms with van der Waals surface area (Å²) in [5, 5.41) is 0. The Labute approximate surface area is 64.8 Å². The molecule has 0 atom stereocenters. The Balaban J connectivity index is 0.000000292. The van der Waals surface area contributed by atoms with Crippen LogP contribution in [0.2, 0.25) is 0 Å². The van der Waals surface area contributed by atoms with E-state index in [2.05, 4.69) is 16.1 Å². The number of hydrogen-bond donors (Lipinski definition) is 0. The first kappa shape index (κ1) is 9.68. The largest absolute Gasteiger partial charge is 0.451 e. The highest BCUT2D eigenvalue weighted by Crippen LogP contribution is 1.90. The number of rotatable bonds is 0. The van der Waals surface area contributed by atoms with Crippen LogP contribution in [0.4, 0.5) is 0 Å². The van der Waals surface area contributed by atoms with Crippen LogP contribution in [0.15, 0.2) is 12.7 Å². The molecule has 0 aromatic carbocycles. The average Bonchev–Trinajstić information content (AvgIpc) is 1.97. The molecule has 0 unspecified atom stereocenters. The third kappa shape index (κ3) is 5.14. The molecule has 0 spiro atoms. The SMILES string of the molecule is C=CC.O=C1COC(=O)CO1. The molecule has 0 saturated carbocycles. The van der Waals surface area contributed by atoms with Crippen molar-refractivity contribution in [2.75, 3.05) is 13.2 Å². The summed E-state index contributed by atoms with van der Waals surface area (Å²) in [6, 6.07) is 0. The molecular formula is C7H10O4. The van der Waals surface area contributed by atoms with Gasteiger partial charge in [0, 0.05) is 0 Å². The van der Waals surface area contributed by atoms with Crippen LogP contribution < -0.4 is 0 Å². The van der Waals surface area contributed by atoms with Gasteiger partial charge in [0.1, 0.15) is 0 Å². The van der Waals surface area contributed by atoms with Crippen molar-refractivity contribution in [1.82, 2.24) is 0 Å². The fraction of sp³-hybridized carbons (Fsp3) is 0.429. The molecule has 1 aliphatic heterocycles. The highest BCUT2D eigenvalue weighted by atomic mass is 16.6. The van der Waals surface area contributed by atoms with Gasteiger partial charge in [0.05, 0.1) is 0 Å². The summed E-state index contributed by atoms with van der Waals surface area (Å²) in [6.07, 6.45) is 1.75. The number of carbonyl (C=O) groups excluding carboxylic acids is 2. The molecule has 1 aliphatic rings.